The van der Waals surface area contributed by atoms with Gasteiger partial charge in [0.2, 0.25) is 0 Å². The Morgan fingerprint density at radius 2 is 2.05 bits per heavy atom. The van der Waals surface area contributed by atoms with E-state index in [1.54, 1.807) is 17.0 Å². The fraction of sp³-hybridized carbons (Fsp3) is 0.438. The molecule has 0 aromatic heterocycles. The van der Waals surface area contributed by atoms with Crippen LogP contribution in [0.3, 0.4) is 0 Å². The Morgan fingerprint density at radius 3 is 2.65 bits per heavy atom. The van der Waals surface area contributed by atoms with Crippen molar-refractivity contribution in [1.82, 2.24) is 4.90 Å². The molecule has 1 atom stereocenters. The van der Waals surface area contributed by atoms with Crippen LogP contribution in [0, 0.1) is 17.8 Å². The van der Waals surface area contributed by atoms with Gasteiger partial charge in [0.05, 0.1) is 6.61 Å². The summed E-state index contributed by atoms with van der Waals surface area (Å²) in [5.41, 5.74) is 1.49. The second-order valence-electron chi connectivity index (χ2n) is 4.94. The first kappa shape index (κ1) is 14.6. The van der Waals surface area contributed by atoms with Crippen LogP contribution in [-0.4, -0.2) is 47.3 Å². The van der Waals surface area contributed by atoms with Crippen LogP contribution in [0.2, 0.25) is 0 Å². The predicted molar refractivity (Wildman–Crippen MR) is 76.1 cm³/mol. The van der Waals surface area contributed by atoms with E-state index in [0.29, 0.717) is 25.1 Å². The monoisotopic (exact) mass is 273 g/mol. The molecule has 2 N–H and O–H groups in total. The molecular weight excluding hydrogens is 254 g/mol. The molecule has 1 aromatic rings. The van der Waals surface area contributed by atoms with E-state index in [9.17, 15) is 4.79 Å². The van der Waals surface area contributed by atoms with Crippen molar-refractivity contribution in [2.75, 3.05) is 26.3 Å². The summed E-state index contributed by atoms with van der Waals surface area (Å²) in [5, 5.41) is 17.8. The highest BCUT2D eigenvalue weighted by atomic mass is 16.3. The lowest BCUT2D eigenvalue weighted by Gasteiger charge is -2.16. The molecule has 1 heterocycles. The third-order valence-electron chi connectivity index (χ3n) is 3.43. The molecule has 1 amide bonds. The van der Waals surface area contributed by atoms with Gasteiger partial charge in [0, 0.05) is 43.2 Å². The minimum Gasteiger partial charge on any atom is -0.396 e. The van der Waals surface area contributed by atoms with Gasteiger partial charge in [0.15, 0.2) is 0 Å². The molecule has 1 fully saturated rings. The maximum atomic E-state index is 12.3. The number of carbonyl (C=O) groups excluding carboxylic acids is 1. The number of hydrogen-bond donors (Lipinski definition) is 2. The Bertz CT molecular complexity index is 513. The molecule has 106 valence electrons. The van der Waals surface area contributed by atoms with Crippen LogP contribution in [-0.2, 0) is 0 Å². The Morgan fingerprint density at radius 1 is 1.30 bits per heavy atom. The molecule has 1 unspecified atom stereocenters. The number of aliphatic hydroxyl groups excluding tert-OH is 2. The lowest BCUT2D eigenvalue weighted by Crippen LogP contribution is -2.29. The summed E-state index contributed by atoms with van der Waals surface area (Å²) in [6, 6.07) is 7.18. The van der Waals surface area contributed by atoms with Gasteiger partial charge in [-0.1, -0.05) is 11.8 Å². The molecular formula is C16H19NO3. The van der Waals surface area contributed by atoms with E-state index in [2.05, 4.69) is 11.8 Å². The number of aliphatic hydroxyl groups is 2. The Hall–Kier alpha value is -1.83. The summed E-state index contributed by atoms with van der Waals surface area (Å²) in [7, 11) is 0. The second kappa shape index (κ2) is 7.09. The maximum Gasteiger partial charge on any atom is 0.253 e. The van der Waals surface area contributed by atoms with Gasteiger partial charge in [0.1, 0.15) is 0 Å². The molecule has 0 saturated carbocycles. The van der Waals surface area contributed by atoms with Gasteiger partial charge in [-0.05, 0) is 30.7 Å². The van der Waals surface area contributed by atoms with Crippen LogP contribution in [0.1, 0.15) is 28.8 Å². The highest BCUT2D eigenvalue weighted by molar-refractivity contribution is 5.94. The number of hydrogen-bond acceptors (Lipinski definition) is 3. The Balaban J connectivity index is 2.00. The van der Waals surface area contributed by atoms with E-state index in [1.165, 1.54) is 0 Å². The van der Waals surface area contributed by atoms with Crippen LogP contribution in [0.5, 0.6) is 0 Å². The summed E-state index contributed by atoms with van der Waals surface area (Å²) in [6.45, 7) is 1.54. The zero-order valence-corrected chi connectivity index (χ0v) is 11.4. The highest BCUT2D eigenvalue weighted by Gasteiger charge is 2.26. The molecule has 1 saturated heterocycles. The van der Waals surface area contributed by atoms with Gasteiger partial charge in [-0.15, -0.1) is 0 Å². The molecule has 0 aliphatic carbocycles. The van der Waals surface area contributed by atoms with Crippen molar-refractivity contribution in [3.63, 3.8) is 0 Å². The highest BCUT2D eigenvalue weighted by Crippen LogP contribution is 2.18. The van der Waals surface area contributed by atoms with Crippen molar-refractivity contribution in [1.29, 1.82) is 0 Å². The van der Waals surface area contributed by atoms with Crippen LogP contribution in [0.25, 0.3) is 0 Å². The predicted octanol–water partition coefficient (Wildman–Crippen LogP) is 0.875. The van der Waals surface area contributed by atoms with Crippen molar-refractivity contribution < 1.29 is 15.0 Å². The van der Waals surface area contributed by atoms with Crippen LogP contribution < -0.4 is 0 Å². The topological polar surface area (TPSA) is 60.8 Å². The molecule has 2 rings (SSSR count). The smallest absolute Gasteiger partial charge is 0.253 e. The van der Waals surface area contributed by atoms with E-state index in [4.69, 9.17) is 10.2 Å². The summed E-state index contributed by atoms with van der Waals surface area (Å²) in [6.07, 6.45) is 1.32. The van der Waals surface area contributed by atoms with E-state index in [0.717, 1.165) is 12.0 Å². The Labute approximate surface area is 119 Å². The molecule has 0 radical (unpaired) electrons. The van der Waals surface area contributed by atoms with Crippen LogP contribution in [0.15, 0.2) is 24.3 Å². The van der Waals surface area contributed by atoms with E-state index < -0.39 is 0 Å². The Kier molecular flexibility index (Phi) is 5.16. The third kappa shape index (κ3) is 3.60. The second-order valence-corrected chi connectivity index (χ2v) is 4.94. The number of carbonyl (C=O) groups is 1. The van der Waals surface area contributed by atoms with E-state index >= 15 is 0 Å². The molecule has 1 aromatic carbocycles. The number of benzene rings is 1. The molecule has 20 heavy (non-hydrogen) atoms. The van der Waals surface area contributed by atoms with Crippen molar-refractivity contribution >= 4 is 5.91 Å². The molecule has 4 heteroatoms. The summed E-state index contributed by atoms with van der Waals surface area (Å²) < 4.78 is 0. The normalized spacial score (nSPS) is 17.7. The number of rotatable bonds is 3. The van der Waals surface area contributed by atoms with Gasteiger partial charge in [-0.3, -0.25) is 4.79 Å². The molecule has 4 nitrogen and oxygen atoms in total. The van der Waals surface area contributed by atoms with Crippen molar-refractivity contribution in [2.45, 2.75) is 12.8 Å². The van der Waals surface area contributed by atoms with Crippen LogP contribution in [0.4, 0.5) is 0 Å². The fourth-order valence-electron chi connectivity index (χ4n) is 2.27. The first-order chi connectivity index (χ1) is 9.74. The van der Waals surface area contributed by atoms with Crippen molar-refractivity contribution in [3.05, 3.63) is 35.4 Å². The van der Waals surface area contributed by atoms with E-state index in [-0.39, 0.29) is 25.0 Å². The quantitative estimate of drug-likeness (QED) is 0.804. The average Bonchev–Trinajstić information content (AvgIpc) is 2.96. The van der Waals surface area contributed by atoms with Gasteiger partial charge in [-0.25, -0.2) is 0 Å². The standard InChI is InChI=1S/C16H19NO3/c18-10-2-1-3-13-4-6-15(7-5-13)16(20)17-9-8-14(11-17)12-19/h4-7,14,18-19H,2,8-12H2. The average molecular weight is 273 g/mol. The first-order valence-corrected chi connectivity index (χ1v) is 6.84. The van der Waals surface area contributed by atoms with Gasteiger partial charge in [0.25, 0.3) is 5.91 Å². The number of nitrogens with zero attached hydrogens (tertiary/aromatic N) is 1. The fourth-order valence-corrected chi connectivity index (χ4v) is 2.27. The third-order valence-corrected chi connectivity index (χ3v) is 3.43. The minimum atomic E-state index is 0.0100. The van der Waals surface area contributed by atoms with Crippen LogP contribution >= 0.6 is 0 Å². The van der Waals surface area contributed by atoms with Gasteiger partial charge < -0.3 is 15.1 Å². The van der Waals surface area contributed by atoms with Crippen molar-refractivity contribution in [2.24, 2.45) is 5.92 Å². The molecule has 0 spiro atoms. The summed E-state index contributed by atoms with van der Waals surface area (Å²) in [4.78, 5) is 14.0. The lowest BCUT2D eigenvalue weighted by atomic mass is 10.1. The number of likely N-dealkylation sites (tertiary alicyclic amines) is 1. The van der Waals surface area contributed by atoms with Gasteiger partial charge >= 0.3 is 0 Å². The molecule has 1 aliphatic rings. The lowest BCUT2D eigenvalue weighted by molar-refractivity contribution is 0.0782. The van der Waals surface area contributed by atoms with Gasteiger partial charge in [-0.2, -0.15) is 0 Å². The number of amides is 1. The summed E-state index contributed by atoms with van der Waals surface area (Å²) in [5.74, 6) is 6.00. The first-order valence-electron chi connectivity index (χ1n) is 6.84. The summed E-state index contributed by atoms with van der Waals surface area (Å²) >= 11 is 0. The minimum absolute atomic E-state index is 0.0100. The van der Waals surface area contributed by atoms with Crippen molar-refractivity contribution in [3.8, 4) is 11.8 Å². The molecule has 0 bridgehead atoms. The zero-order valence-electron chi connectivity index (χ0n) is 11.4. The van der Waals surface area contributed by atoms with E-state index in [1.807, 2.05) is 12.1 Å². The SMILES string of the molecule is O=C(c1ccc(C#CCCO)cc1)N1CCC(CO)C1. The molecule has 1 aliphatic heterocycles. The zero-order chi connectivity index (χ0) is 14.4. The maximum absolute atomic E-state index is 12.3. The largest absolute Gasteiger partial charge is 0.396 e.